The molecule has 2 saturated carbocycles. The Bertz CT molecular complexity index is 690. The number of aliphatic hydroxyl groups is 1. The molecule has 0 amide bonds. The molecular weight excluding hydrogens is 380 g/mol. The van der Waals surface area contributed by atoms with Crippen LogP contribution in [-0.2, 0) is 21.9 Å². The number of rotatable bonds is 3. The molecule has 2 fully saturated rings. The van der Waals surface area contributed by atoms with Crippen molar-refractivity contribution >= 4 is 17.3 Å². The van der Waals surface area contributed by atoms with Crippen molar-refractivity contribution in [1.29, 1.82) is 0 Å². The van der Waals surface area contributed by atoms with Crippen molar-refractivity contribution in [1.82, 2.24) is 0 Å². The van der Waals surface area contributed by atoms with Crippen LogP contribution in [0.2, 0.25) is 0 Å². The Morgan fingerprint density at radius 3 is 1.85 bits per heavy atom. The summed E-state index contributed by atoms with van der Waals surface area (Å²) in [7, 11) is 0. The first kappa shape index (κ1) is 21.9. The zero-order chi connectivity index (χ0) is 18.5. The van der Waals surface area contributed by atoms with Gasteiger partial charge in [-0.1, -0.05) is 31.2 Å². The SMILES string of the molecule is CCC([C]1[CH][CH][CH][CH]1)C1=C(O)c2ccccc2C(=O)C1=O.[CH]1[CH][CH][CH][CH]1.[Fe+2]. The van der Waals surface area contributed by atoms with E-state index in [0.717, 1.165) is 5.92 Å². The van der Waals surface area contributed by atoms with Gasteiger partial charge in [-0.2, -0.15) is 0 Å². The molecule has 0 heterocycles. The first-order valence-corrected chi connectivity index (χ1v) is 8.65. The van der Waals surface area contributed by atoms with Crippen LogP contribution in [0.1, 0.15) is 29.3 Å². The third-order valence-electron chi connectivity index (χ3n) is 4.54. The van der Waals surface area contributed by atoms with Gasteiger partial charge < -0.3 is 5.11 Å². The van der Waals surface area contributed by atoms with Crippen LogP contribution >= 0.6 is 0 Å². The van der Waals surface area contributed by atoms with Crippen LogP contribution in [0.4, 0.5) is 0 Å². The monoisotopic (exact) mass is 400 g/mol. The number of fused-ring (bicyclic) bond motifs is 1. The van der Waals surface area contributed by atoms with Gasteiger partial charge in [-0.15, -0.1) is 0 Å². The number of Topliss-reactive ketones (excluding diaryl/α,β-unsaturated/α-hetero) is 2. The smallest absolute Gasteiger partial charge is 0.507 e. The molecule has 4 rings (SSSR count). The molecule has 27 heavy (non-hydrogen) atoms. The van der Waals surface area contributed by atoms with Crippen molar-refractivity contribution in [2.45, 2.75) is 13.3 Å². The Kier molecular flexibility index (Phi) is 8.31. The summed E-state index contributed by atoms with van der Waals surface area (Å²) < 4.78 is 0. The second kappa shape index (κ2) is 10.2. The number of ketones is 2. The van der Waals surface area contributed by atoms with Crippen molar-refractivity contribution in [2.75, 3.05) is 0 Å². The molecular formula is C23H20FeO3+2. The van der Waals surface area contributed by atoms with Gasteiger partial charge >= 0.3 is 17.1 Å². The molecule has 0 aliphatic heterocycles. The van der Waals surface area contributed by atoms with E-state index in [1.54, 1.807) is 24.3 Å². The molecule has 1 aromatic carbocycles. The fourth-order valence-corrected chi connectivity index (χ4v) is 3.26. The molecule has 1 atom stereocenters. The van der Waals surface area contributed by atoms with E-state index < -0.39 is 11.6 Å². The van der Waals surface area contributed by atoms with E-state index >= 15 is 0 Å². The summed E-state index contributed by atoms with van der Waals surface area (Å²) in [4.78, 5) is 24.7. The minimum Gasteiger partial charge on any atom is -0.507 e. The average molecular weight is 400 g/mol. The molecule has 0 aromatic heterocycles. The summed E-state index contributed by atoms with van der Waals surface area (Å²) in [5.41, 5.74) is 0.940. The van der Waals surface area contributed by atoms with Crippen LogP contribution in [0.15, 0.2) is 29.8 Å². The van der Waals surface area contributed by atoms with Crippen LogP contribution in [0, 0.1) is 69.6 Å². The average Bonchev–Trinajstić information content (AvgIpc) is 3.40. The molecule has 3 aliphatic carbocycles. The van der Waals surface area contributed by atoms with Crippen molar-refractivity contribution in [2.24, 2.45) is 5.92 Å². The molecule has 1 aromatic rings. The summed E-state index contributed by atoms with van der Waals surface area (Å²) in [5, 5.41) is 10.5. The summed E-state index contributed by atoms with van der Waals surface area (Å²) >= 11 is 0. The van der Waals surface area contributed by atoms with E-state index in [9.17, 15) is 14.7 Å². The normalized spacial score (nSPS) is 20.6. The van der Waals surface area contributed by atoms with Gasteiger partial charge in [0.25, 0.3) is 0 Å². The van der Waals surface area contributed by atoms with Crippen molar-refractivity contribution in [3.8, 4) is 0 Å². The number of hydrogen-bond acceptors (Lipinski definition) is 3. The number of benzene rings is 1. The second-order valence-corrected chi connectivity index (χ2v) is 6.11. The van der Waals surface area contributed by atoms with Crippen LogP contribution in [-0.4, -0.2) is 16.7 Å². The third-order valence-corrected chi connectivity index (χ3v) is 4.54. The molecule has 3 nitrogen and oxygen atoms in total. The maximum atomic E-state index is 12.4. The van der Waals surface area contributed by atoms with E-state index in [1.807, 2.05) is 64.7 Å². The number of carbonyl (C=O) groups is 2. The third kappa shape index (κ3) is 4.73. The van der Waals surface area contributed by atoms with Gasteiger partial charge in [0.15, 0.2) is 0 Å². The summed E-state index contributed by atoms with van der Waals surface area (Å²) in [5.74, 6) is -0.518. The Hall–Kier alpha value is -1.38. The van der Waals surface area contributed by atoms with E-state index in [2.05, 4.69) is 0 Å². The van der Waals surface area contributed by atoms with E-state index in [4.69, 9.17) is 0 Å². The van der Waals surface area contributed by atoms with E-state index in [0.29, 0.717) is 12.0 Å². The maximum absolute atomic E-state index is 12.4. The van der Waals surface area contributed by atoms with Gasteiger partial charge in [0.1, 0.15) is 5.76 Å². The first-order valence-electron chi connectivity index (χ1n) is 8.65. The largest absolute Gasteiger partial charge is 2.00 e. The maximum Gasteiger partial charge on any atom is 2.00 e. The van der Waals surface area contributed by atoms with Gasteiger partial charge in [-0.25, -0.2) is 0 Å². The van der Waals surface area contributed by atoms with E-state index in [1.165, 1.54) is 0 Å². The summed E-state index contributed by atoms with van der Waals surface area (Å²) in [6, 6.07) is 6.69. The van der Waals surface area contributed by atoms with Crippen LogP contribution in [0.5, 0.6) is 0 Å². The van der Waals surface area contributed by atoms with Crippen LogP contribution in [0.3, 0.4) is 0 Å². The molecule has 0 bridgehead atoms. The predicted molar refractivity (Wildman–Crippen MR) is 101 cm³/mol. The molecule has 4 heteroatoms. The van der Waals surface area contributed by atoms with Gasteiger partial charge in [0.2, 0.25) is 11.6 Å². The molecule has 1 unspecified atom stereocenters. The fraction of sp³-hybridized carbons (Fsp3) is 0.130. The predicted octanol–water partition coefficient (Wildman–Crippen LogP) is 4.17. The number of carbonyl (C=O) groups excluding carboxylic acids is 2. The van der Waals surface area contributed by atoms with Gasteiger partial charge in [-0.3, -0.25) is 9.59 Å². The number of hydrogen-bond donors (Lipinski definition) is 1. The Morgan fingerprint density at radius 2 is 1.33 bits per heavy atom. The molecule has 3 aliphatic rings. The molecule has 0 saturated heterocycles. The summed E-state index contributed by atoms with van der Waals surface area (Å²) in [6.45, 7) is 1.94. The minimum absolute atomic E-state index is 0. The van der Waals surface area contributed by atoms with Crippen molar-refractivity contribution in [3.05, 3.63) is 105 Å². The van der Waals surface area contributed by atoms with Gasteiger partial charge in [0.05, 0.1) is 0 Å². The molecule has 1 N–H and O–H groups in total. The van der Waals surface area contributed by atoms with Crippen molar-refractivity contribution in [3.63, 3.8) is 0 Å². The second-order valence-electron chi connectivity index (χ2n) is 6.11. The molecule has 136 valence electrons. The van der Waals surface area contributed by atoms with Crippen molar-refractivity contribution < 1.29 is 31.8 Å². The first-order chi connectivity index (χ1) is 12.6. The standard InChI is InChI=1S/C18H15O3.C5H5.Fe/c1-2-12(11-7-3-4-8-11)15-16(19)13-9-5-6-10-14(13)17(20)18(15)21;1-2-4-5-3-1;/h3-10,12,19H,2H2,1H3;1-5H;/q;;+2. The van der Waals surface area contributed by atoms with Gasteiger partial charge in [-0.05, 0) is 76.0 Å². The van der Waals surface area contributed by atoms with Crippen LogP contribution < -0.4 is 0 Å². The Morgan fingerprint density at radius 1 is 0.815 bits per heavy atom. The van der Waals surface area contributed by atoms with Gasteiger partial charge in [0, 0.05) is 16.7 Å². The quantitative estimate of drug-likeness (QED) is 0.612. The zero-order valence-corrected chi connectivity index (χ0v) is 16.0. The topological polar surface area (TPSA) is 54.4 Å². The Balaban J connectivity index is 0.000000379. The van der Waals surface area contributed by atoms with Crippen LogP contribution in [0.25, 0.3) is 5.76 Å². The minimum atomic E-state index is -0.598. The fourth-order valence-electron chi connectivity index (χ4n) is 3.26. The zero-order valence-electron chi connectivity index (χ0n) is 14.9. The molecule has 10 radical (unpaired) electrons. The number of aliphatic hydroxyl groups excluding tert-OH is 1. The Labute approximate surface area is 173 Å². The summed E-state index contributed by atoms with van der Waals surface area (Å²) in [6.07, 6.45) is 18.2. The van der Waals surface area contributed by atoms with E-state index in [-0.39, 0.29) is 39.9 Å². The molecule has 0 spiro atoms. The number of allylic oxidation sites excluding steroid dienone is 1.